The highest BCUT2D eigenvalue weighted by Crippen LogP contribution is 2.29. The monoisotopic (exact) mass is 447 g/mol. The first-order valence-corrected chi connectivity index (χ1v) is 9.96. The Morgan fingerprint density at radius 1 is 0.962 bits per heavy atom. The number of thioether (sulfide) groups is 1. The highest BCUT2D eigenvalue weighted by Gasteiger charge is 2.12. The predicted molar refractivity (Wildman–Crippen MR) is 108 cm³/mol. The molecule has 0 atom stereocenters. The van der Waals surface area contributed by atoms with Gasteiger partial charge in [-0.1, -0.05) is 64.2 Å². The van der Waals surface area contributed by atoms with Crippen molar-refractivity contribution >= 4 is 58.2 Å². The van der Waals surface area contributed by atoms with Crippen LogP contribution in [0, 0.1) is 0 Å². The lowest BCUT2D eigenvalue weighted by atomic mass is 10.2. The summed E-state index contributed by atoms with van der Waals surface area (Å²) in [7, 11) is 1.89. The smallest absolute Gasteiger partial charge is 0.191 e. The van der Waals surface area contributed by atoms with Crippen LogP contribution >= 0.6 is 58.2 Å². The van der Waals surface area contributed by atoms with Gasteiger partial charge in [0.2, 0.25) is 0 Å². The maximum absolute atomic E-state index is 6.11. The zero-order chi connectivity index (χ0) is 18.7. The number of nitrogens with zero attached hydrogens (tertiary/aromatic N) is 3. The van der Waals surface area contributed by atoms with Crippen LogP contribution in [0.1, 0.15) is 11.4 Å². The largest absolute Gasteiger partial charge is 0.484 e. The van der Waals surface area contributed by atoms with E-state index in [9.17, 15) is 0 Å². The van der Waals surface area contributed by atoms with Gasteiger partial charge in [0.25, 0.3) is 0 Å². The number of hydrogen-bond acceptors (Lipinski definition) is 4. The van der Waals surface area contributed by atoms with Gasteiger partial charge in [-0.15, -0.1) is 10.2 Å². The molecule has 4 nitrogen and oxygen atoms in total. The molecule has 0 unspecified atom stereocenters. The number of hydrogen-bond donors (Lipinski definition) is 0. The lowest BCUT2D eigenvalue weighted by Crippen LogP contribution is -2.04. The van der Waals surface area contributed by atoms with Crippen molar-refractivity contribution in [1.82, 2.24) is 14.8 Å². The average molecular weight is 449 g/mol. The molecule has 9 heteroatoms. The maximum Gasteiger partial charge on any atom is 0.191 e. The van der Waals surface area contributed by atoms with E-state index in [1.54, 1.807) is 36.0 Å². The average Bonchev–Trinajstić information content (AvgIpc) is 2.95. The first-order chi connectivity index (χ1) is 12.4. The minimum absolute atomic E-state index is 0.248. The van der Waals surface area contributed by atoms with E-state index < -0.39 is 0 Å². The summed E-state index contributed by atoms with van der Waals surface area (Å²) in [6.07, 6.45) is 0. The Balaban J connectivity index is 1.63. The van der Waals surface area contributed by atoms with E-state index >= 15 is 0 Å². The molecule has 1 heterocycles. The van der Waals surface area contributed by atoms with Crippen molar-refractivity contribution in [3.8, 4) is 5.75 Å². The van der Waals surface area contributed by atoms with Gasteiger partial charge in [0.05, 0.1) is 15.1 Å². The van der Waals surface area contributed by atoms with Crippen molar-refractivity contribution in [1.29, 1.82) is 0 Å². The summed E-state index contributed by atoms with van der Waals surface area (Å²) >= 11 is 25.5. The van der Waals surface area contributed by atoms with Crippen LogP contribution in [0.25, 0.3) is 0 Å². The molecule has 0 amide bonds. The van der Waals surface area contributed by atoms with Crippen LogP contribution in [0.3, 0.4) is 0 Å². The molecule has 3 aromatic rings. The summed E-state index contributed by atoms with van der Waals surface area (Å²) in [5.41, 5.74) is 1.05. The van der Waals surface area contributed by atoms with Crippen molar-refractivity contribution < 1.29 is 4.74 Å². The van der Waals surface area contributed by atoms with Gasteiger partial charge in [-0.05, 0) is 35.9 Å². The van der Waals surface area contributed by atoms with Gasteiger partial charge in [0.15, 0.2) is 11.0 Å². The number of benzene rings is 2. The summed E-state index contributed by atoms with van der Waals surface area (Å²) in [5.74, 6) is 1.93. The fourth-order valence-corrected chi connectivity index (χ4v) is 3.76. The third-order valence-electron chi connectivity index (χ3n) is 3.53. The summed E-state index contributed by atoms with van der Waals surface area (Å²) < 4.78 is 7.59. The number of aromatic nitrogens is 3. The first-order valence-electron chi connectivity index (χ1n) is 7.47. The van der Waals surface area contributed by atoms with Crippen molar-refractivity contribution in [2.24, 2.45) is 7.05 Å². The molecule has 136 valence electrons. The van der Waals surface area contributed by atoms with Crippen LogP contribution < -0.4 is 4.74 Å². The van der Waals surface area contributed by atoms with Gasteiger partial charge in [0, 0.05) is 17.8 Å². The standard InChI is InChI=1S/C17H13Cl4N3OS/c1-24-16(8-25-15-5-3-11(18)7-14(15)21)22-23-17(24)26-9-10-2-4-12(19)13(20)6-10/h2-7H,8-9H2,1H3. The Morgan fingerprint density at radius 2 is 1.77 bits per heavy atom. The molecule has 0 bridgehead atoms. The van der Waals surface area contributed by atoms with Crippen molar-refractivity contribution in [2.45, 2.75) is 17.5 Å². The van der Waals surface area contributed by atoms with E-state index in [1.807, 2.05) is 23.7 Å². The number of ether oxygens (including phenoxy) is 1. The summed E-state index contributed by atoms with van der Waals surface area (Å²) in [6.45, 7) is 0.248. The Kier molecular flexibility index (Phi) is 6.59. The Bertz CT molecular complexity index is 932. The van der Waals surface area contributed by atoms with Gasteiger partial charge < -0.3 is 9.30 Å². The number of halogens is 4. The van der Waals surface area contributed by atoms with Crippen LogP contribution in [0.5, 0.6) is 5.75 Å². The molecular formula is C17H13Cl4N3OS. The SMILES string of the molecule is Cn1c(COc2ccc(Cl)cc2Cl)nnc1SCc1ccc(Cl)c(Cl)c1. The molecule has 1 aromatic heterocycles. The molecule has 0 aliphatic rings. The second kappa shape index (κ2) is 8.72. The highest BCUT2D eigenvalue weighted by molar-refractivity contribution is 7.98. The molecular weight excluding hydrogens is 436 g/mol. The molecule has 0 saturated carbocycles. The van der Waals surface area contributed by atoms with Crippen molar-refractivity contribution in [2.75, 3.05) is 0 Å². The van der Waals surface area contributed by atoms with Crippen LogP contribution in [0.2, 0.25) is 20.1 Å². The molecule has 2 aromatic carbocycles. The van der Waals surface area contributed by atoms with Crippen LogP contribution in [-0.2, 0) is 19.4 Å². The zero-order valence-corrected chi connectivity index (χ0v) is 17.4. The van der Waals surface area contributed by atoms with E-state index in [-0.39, 0.29) is 6.61 Å². The van der Waals surface area contributed by atoms with E-state index in [2.05, 4.69) is 10.2 Å². The second-order valence-electron chi connectivity index (χ2n) is 5.36. The normalized spacial score (nSPS) is 11.0. The van der Waals surface area contributed by atoms with Gasteiger partial charge in [-0.3, -0.25) is 0 Å². The van der Waals surface area contributed by atoms with E-state index in [0.29, 0.717) is 37.4 Å². The Labute approximate surface area is 175 Å². The van der Waals surface area contributed by atoms with Crippen LogP contribution in [0.15, 0.2) is 41.6 Å². The molecule has 0 fully saturated rings. The second-order valence-corrected chi connectivity index (χ2v) is 7.96. The summed E-state index contributed by atoms with van der Waals surface area (Å²) in [6, 6.07) is 10.6. The lowest BCUT2D eigenvalue weighted by molar-refractivity contribution is 0.290. The maximum atomic E-state index is 6.11. The van der Waals surface area contributed by atoms with Crippen LogP contribution in [0.4, 0.5) is 0 Å². The summed E-state index contributed by atoms with van der Waals surface area (Å²) in [4.78, 5) is 0. The number of rotatable bonds is 6. The lowest BCUT2D eigenvalue weighted by Gasteiger charge is -2.08. The van der Waals surface area contributed by atoms with E-state index in [1.165, 1.54) is 0 Å². The van der Waals surface area contributed by atoms with E-state index in [4.69, 9.17) is 51.1 Å². The quantitative estimate of drug-likeness (QED) is 0.414. The predicted octanol–water partition coefficient (Wildman–Crippen LogP) is 6.30. The molecule has 0 aliphatic heterocycles. The molecule has 26 heavy (non-hydrogen) atoms. The van der Waals surface area contributed by atoms with Crippen LogP contribution in [-0.4, -0.2) is 14.8 Å². The third kappa shape index (κ3) is 4.78. The minimum Gasteiger partial charge on any atom is -0.484 e. The molecule has 0 aliphatic carbocycles. The minimum atomic E-state index is 0.248. The third-order valence-corrected chi connectivity index (χ3v) is 5.89. The van der Waals surface area contributed by atoms with Crippen molar-refractivity contribution in [3.05, 3.63) is 67.9 Å². The summed E-state index contributed by atoms with van der Waals surface area (Å²) in [5, 5.41) is 11.2. The van der Waals surface area contributed by atoms with Gasteiger partial charge >= 0.3 is 0 Å². The Hall–Kier alpha value is -1.11. The Morgan fingerprint density at radius 3 is 2.50 bits per heavy atom. The highest BCUT2D eigenvalue weighted by atomic mass is 35.5. The molecule has 0 spiro atoms. The van der Waals surface area contributed by atoms with Crippen molar-refractivity contribution in [3.63, 3.8) is 0 Å². The molecule has 0 N–H and O–H groups in total. The molecule has 0 saturated heterocycles. The molecule has 0 radical (unpaired) electrons. The van der Waals surface area contributed by atoms with Gasteiger partial charge in [0.1, 0.15) is 12.4 Å². The first kappa shape index (κ1) is 19.6. The molecule has 3 rings (SSSR count). The van der Waals surface area contributed by atoms with Gasteiger partial charge in [-0.2, -0.15) is 0 Å². The fourth-order valence-electron chi connectivity index (χ4n) is 2.11. The van der Waals surface area contributed by atoms with Gasteiger partial charge in [-0.25, -0.2) is 0 Å². The fraction of sp³-hybridized carbons (Fsp3) is 0.176. The topological polar surface area (TPSA) is 39.9 Å². The zero-order valence-electron chi connectivity index (χ0n) is 13.5. The van der Waals surface area contributed by atoms with E-state index in [0.717, 1.165) is 10.7 Å².